The molecular formula is C21H21NO4. The average molecular weight is 351 g/mol. The van der Waals surface area contributed by atoms with E-state index in [-0.39, 0.29) is 11.9 Å². The largest absolute Gasteiger partial charge is 0.497 e. The van der Waals surface area contributed by atoms with E-state index in [0.717, 1.165) is 22.6 Å². The third-order valence-corrected chi connectivity index (χ3v) is 4.21. The van der Waals surface area contributed by atoms with Crippen molar-refractivity contribution in [2.45, 2.75) is 12.5 Å². The summed E-state index contributed by atoms with van der Waals surface area (Å²) in [7, 11) is 3.27. The number of hydrogen-bond donors (Lipinski definition) is 1. The Morgan fingerprint density at radius 3 is 2.12 bits per heavy atom. The van der Waals surface area contributed by atoms with Crippen LogP contribution in [0.4, 0.5) is 0 Å². The van der Waals surface area contributed by atoms with Gasteiger partial charge in [0.2, 0.25) is 0 Å². The maximum atomic E-state index is 12.5. The van der Waals surface area contributed by atoms with Gasteiger partial charge in [0.1, 0.15) is 17.8 Å². The number of hydrogen-bond acceptors (Lipinski definition) is 4. The van der Waals surface area contributed by atoms with Crippen molar-refractivity contribution in [2.75, 3.05) is 14.2 Å². The van der Waals surface area contributed by atoms with E-state index in [2.05, 4.69) is 5.32 Å². The fraction of sp³-hybridized carbons (Fsp3) is 0.190. The lowest BCUT2D eigenvalue weighted by atomic mass is 9.98. The van der Waals surface area contributed by atoms with Crippen LogP contribution in [0.15, 0.2) is 71.5 Å². The monoisotopic (exact) mass is 351 g/mol. The highest BCUT2D eigenvalue weighted by Gasteiger charge is 2.17. The molecule has 3 aromatic rings. The number of furan rings is 1. The van der Waals surface area contributed by atoms with E-state index in [9.17, 15) is 4.79 Å². The lowest BCUT2D eigenvalue weighted by Gasteiger charge is -2.20. The van der Waals surface area contributed by atoms with Crippen LogP contribution in [0.3, 0.4) is 0 Å². The molecule has 134 valence electrons. The molecule has 0 aliphatic carbocycles. The van der Waals surface area contributed by atoms with Crippen molar-refractivity contribution in [3.8, 4) is 11.5 Å². The Hall–Kier alpha value is -3.21. The van der Waals surface area contributed by atoms with E-state index in [4.69, 9.17) is 13.9 Å². The van der Waals surface area contributed by atoms with Crippen molar-refractivity contribution in [2.24, 2.45) is 0 Å². The number of nitrogens with one attached hydrogen (secondary N) is 1. The molecule has 1 heterocycles. The fourth-order valence-electron chi connectivity index (χ4n) is 2.72. The SMILES string of the molecule is COc1ccc(C[C@@H](NC(=O)c2ccoc2)c2ccc(OC)cc2)cc1. The fourth-order valence-corrected chi connectivity index (χ4v) is 2.72. The van der Waals surface area contributed by atoms with Crippen LogP contribution in [0.25, 0.3) is 0 Å². The minimum Gasteiger partial charge on any atom is -0.497 e. The standard InChI is InChI=1S/C21H21NO4/c1-24-18-7-3-15(4-8-18)13-20(16-5-9-19(25-2)10-6-16)22-21(23)17-11-12-26-14-17/h3-12,14,20H,13H2,1-2H3,(H,22,23)/t20-/m1/s1. The molecule has 5 nitrogen and oxygen atoms in total. The number of carbonyl (C=O) groups excluding carboxylic acids is 1. The van der Waals surface area contributed by atoms with Gasteiger partial charge in [0.15, 0.2) is 0 Å². The molecule has 0 fully saturated rings. The number of methoxy groups -OCH3 is 2. The highest BCUT2D eigenvalue weighted by atomic mass is 16.5. The molecule has 3 rings (SSSR count). The first-order valence-corrected chi connectivity index (χ1v) is 8.29. The molecule has 5 heteroatoms. The Kier molecular flexibility index (Phi) is 5.59. The van der Waals surface area contributed by atoms with Crippen LogP contribution in [0.2, 0.25) is 0 Å². The number of carbonyl (C=O) groups is 1. The molecule has 0 radical (unpaired) electrons. The van der Waals surface area contributed by atoms with Gasteiger partial charge < -0.3 is 19.2 Å². The van der Waals surface area contributed by atoms with Gasteiger partial charge in [-0.2, -0.15) is 0 Å². The maximum absolute atomic E-state index is 12.5. The Bertz CT molecular complexity index is 823. The molecule has 1 aromatic heterocycles. The minimum absolute atomic E-state index is 0.173. The third kappa shape index (κ3) is 4.25. The average Bonchev–Trinajstić information content (AvgIpc) is 3.23. The van der Waals surface area contributed by atoms with Gasteiger partial charge >= 0.3 is 0 Å². The van der Waals surface area contributed by atoms with Crippen LogP contribution in [0.5, 0.6) is 11.5 Å². The van der Waals surface area contributed by atoms with Crippen LogP contribution < -0.4 is 14.8 Å². The summed E-state index contributed by atoms with van der Waals surface area (Å²) >= 11 is 0. The first-order chi connectivity index (χ1) is 12.7. The van der Waals surface area contributed by atoms with Gasteiger partial charge in [-0.15, -0.1) is 0 Å². The predicted octanol–water partition coefficient (Wildman–Crippen LogP) is 4.01. The van der Waals surface area contributed by atoms with E-state index in [0.29, 0.717) is 12.0 Å². The number of amides is 1. The number of ether oxygens (including phenoxy) is 2. The van der Waals surface area contributed by atoms with Gasteiger partial charge in [-0.1, -0.05) is 24.3 Å². The van der Waals surface area contributed by atoms with Crippen LogP contribution in [-0.2, 0) is 6.42 Å². The van der Waals surface area contributed by atoms with Crippen LogP contribution >= 0.6 is 0 Å². The zero-order valence-corrected chi connectivity index (χ0v) is 14.8. The van der Waals surface area contributed by atoms with Crippen LogP contribution in [0.1, 0.15) is 27.5 Å². The molecule has 26 heavy (non-hydrogen) atoms. The lowest BCUT2D eigenvalue weighted by Crippen LogP contribution is -2.29. The van der Waals surface area contributed by atoms with E-state index in [1.807, 2.05) is 48.5 Å². The number of benzene rings is 2. The second-order valence-corrected chi connectivity index (χ2v) is 5.86. The van der Waals surface area contributed by atoms with Crippen LogP contribution in [0, 0.1) is 0 Å². The predicted molar refractivity (Wildman–Crippen MR) is 98.6 cm³/mol. The molecule has 1 N–H and O–H groups in total. The van der Waals surface area contributed by atoms with E-state index >= 15 is 0 Å². The quantitative estimate of drug-likeness (QED) is 0.699. The summed E-state index contributed by atoms with van der Waals surface area (Å²) < 4.78 is 15.4. The van der Waals surface area contributed by atoms with Gasteiger partial charge in [-0.05, 0) is 47.9 Å². The van der Waals surface area contributed by atoms with Gasteiger partial charge in [0.05, 0.1) is 32.1 Å². The molecule has 0 aliphatic heterocycles. The third-order valence-electron chi connectivity index (χ3n) is 4.21. The molecule has 0 saturated carbocycles. The molecule has 1 atom stereocenters. The summed E-state index contributed by atoms with van der Waals surface area (Å²) in [5.74, 6) is 1.41. The summed E-state index contributed by atoms with van der Waals surface area (Å²) in [5, 5.41) is 3.08. The molecule has 0 spiro atoms. The van der Waals surface area contributed by atoms with E-state index in [1.54, 1.807) is 20.3 Å². The van der Waals surface area contributed by atoms with Crippen molar-refractivity contribution < 1.29 is 18.7 Å². The molecule has 0 unspecified atom stereocenters. The molecule has 0 aliphatic rings. The van der Waals surface area contributed by atoms with Gasteiger partial charge in [-0.3, -0.25) is 4.79 Å². The Balaban J connectivity index is 1.82. The zero-order chi connectivity index (χ0) is 18.4. The Labute approximate surface area is 152 Å². The lowest BCUT2D eigenvalue weighted by molar-refractivity contribution is 0.0936. The second-order valence-electron chi connectivity index (χ2n) is 5.86. The summed E-state index contributed by atoms with van der Waals surface area (Å²) in [4.78, 5) is 12.5. The summed E-state index contributed by atoms with van der Waals surface area (Å²) in [6.07, 6.45) is 3.58. The van der Waals surface area contributed by atoms with E-state index < -0.39 is 0 Å². The Morgan fingerprint density at radius 1 is 0.962 bits per heavy atom. The summed E-state index contributed by atoms with van der Waals surface area (Å²) in [5.41, 5.74) is 2.59. The highest BCUT2D eigenvalue weighted by molar-refractivity contribution is 5.94. The normalized spacial score (nSPS) is 11.6. The van der Waals surface area contributed by atoms with Gasteiger partial charge in [0.25, 0.3) is 5.91 Å². The summed E-state index contributed by atoms with van der Waals surface area (Å²) in [6, 6.07) is 17.0. The molecular weight excluding hydrogens is 330 g/mol. The maximum Gasteiger partial charge on any atom is 0.255 e. The van der Waals surface area contributed by atoms with Gasteiger partial charge in [-0.25, -0.2) is 0 Å². The first kappa shape index (κ1) is 17.6. The van der Waals surface area contributed by atoms with Crippen molar-refractivity contribution in [3.05, 3.63) is 83.8 Å². The highest BCUT2D eigenvalue weighted by Crippen LogP contribution is 2.23. The molecule has 2 aromatic carbocycles. The van der Waals surface area contributed by atoms with Gasteiger partial charge in [0, 0.05) is 0 Å². The van der Waals surface area contributed by atoms with Crippen LogP contribution in [-0.4, -0.2) is 20.1 Å². The van der Waals surface area contributed by atoms with Crippen molar-refractivity contribution in [3.63, 3.8) is 0 Å². The zero-order valence-electron chi connectivity index (χ0n) is 14.8. The number of rotatable bonds is 7. The molecule has 0 bridgehead atoms. The van der Waals surface area contributed by atoms with E-state index in [1.165, 1.54) is 12.5 Å². The molecule has 0 saturated heterocycles. The van der Waals surface area contributed by atoms with Crippen molar-refractivity contribution >= 4 is 5.91 Å². The smallest absolute Gasteiger partial charge is 0.255 e. The topological polar surface area (TPSA) is 60.7 Å². The molecule has 1 amide bonds. The van der Waals surface area contributed by atoms with Crippen molar-refractivity contribution in [1.29, 1.82) is 0 Å². The second kappa shape index (κ2) is 8.25. The minimum atomic E-state index is -0.184. The summed E-state index contributed by atoms with van der Waals surface area (Å²) in [6.45, 7) is 0. The van der Waals surface area contributed by atoms with Crippen molar-refractivity contribution in [1.82, 2.24) is 5.32 Å². The Morgan fingerprint density at radius 2 is 1.58 bits per heavy atom. The first-order valence-electron chi connectivity index (χ1n) is 8.29.